The topological polar surface area (TPSA) is 39.7 Å². The third-order valence-corrected chi connectivity index (χ3v) is 3.20. The molecule has 0 aliphatic rings. The Morgan fingerprint density at radius 2 is 1.71 bits per heavy atom. The van der Waals surface area contributed by atoms with Gasteiger partial charge in [0.1, 0.15) is 23.9 Å². The van der Waals surface area contributed by atoms with E-state index in [2.05, 4.69) is 5.32 Å². The number of benzene rings is 2. The molecule has 0 unspecified atom stereocenters. The lowest BCUT2D eigenvalue weighted by molar-refractivity contribution is 0.332. The Morgan fingerprint density at radius 3 is 2.38 bits per heavy atom. The largest absolute Gasteiger partial charge is 0.495 e. The van der Waals surface area contributed by atoms with Crippen molar-refractivity contribution in [1.29, 1.82) is 0 Å². The summed E-state index contributed by atoms with van der Waals surface area (Å²) in [6.07, 6.45) is 0. The van der Waals surface area contributed by atoms with Gasteiger partial charge in [-0.25, -0.2) is 0 Å². The number of anilines is 1. The number of ether oxygens (including phenoxy) is 3. The maximum atomic E-state index is 6.06. The average molecular weight is 308 g/mol. The van der Waals surface area contributed by atoms with E-state index in [9.17, 15) is 0 Å². The Balaban J connectivity index is 1.93. The summed E-state index contributed by atoms with van der Waals surface area (Å²) in [7, 11) is 3.18. The van der Waals surface area contributed by atoms with Crippen molar-refractivity contribution in [2.45, 2.75) is 0 Å². The predicted octanol–water partition coefficient (Wildman–Crippen LogP) is 3.85. The molecular weight excluding hydrogens is 290 g/mol. The summed E-state index contributed by atoms with van der Waals surface area (Å²) in [6, 6.07) is 13.2. The van der Waals surface area contributed by atoms with Gasteiger partial charge in [0.25, 0.3) is 0 Å². The van der Waals surface area contributed by atoms with E-state index < -0.39 is 0 Å². The van der Waals surface area contributed by atoms with Crippen LogP contribution in [-0.2, 0) is 0 Å². The number of halogens is 1. The van der Waals surface area contributed by atoms with Gasteiger partial charge in [0.15, 0.2) is 0 Å². The molecule has 0 aliphatic heterocycles. The lowest BCUT2D eigenvalue weighted by Gasteiger charge is -2.14. The van der Waals surface area contributed by atoms with Gasteiger partial charge >= 0.3 is 0 Å². The fraction of sp³-hybridized carbons (Fsp3) is 0.250. The van der Waals surface area contributed by atoms with Crippen LogP contribution in [0.15, 0.2) is 42.5 Å². The number of rotatable bonds is 7. The molecular formula is C16H18ClNO3. The molecule has 0 aromatic heterocycles. The Labute approximate surface area is 129 Å². The fourth-order valence-corrected chi connectivity index (χ4v) is 2.10. The van der Waals surface area contributed by atoms with Gasteiger partial charge in [-0.15, -0.1) is 0 Å². The lowest BCUT2D eigenvalue weighted by atomic mass is 10.2. The van der Waals surface area contributed by atoms with Gasteiger partial charge in [0.2, 0.25) is 0 Å². The van der Waals surface area contributed by atoms with E-state index in [4.69, 9.17) is 25.8 Å². The monoisotopic (exact) mass is 307 g/mol. The van der Waals surface area contributed by atoms with Crippen molar-refractivity contribution in [3.63, 3.8) is 0 Å². The van der Waals surface area contributed by atoms with Crippen molar-refractivity contribution in [2.75, 3.05) is 32.7 Å². The van der Waals surface area contributed by atoms with Crippen LogP contribution in [0, 0.1) is 0 Å². The smallest absolute Gasteiger partial charge is 0.143 e. The zero-order chi connectivity index (χ0) is 15.1. The molecule has 2 aromatic carbocycles. The molecule has 1 N–H and O–H groups in total. The highest BCUT2D eigenvalue weighted by Gasteiger charge is 2.09. The molecule has 0 spiro atoms. The van der Waals surface area contributed by atoms with Crippen LogP contribution < -0.4 is 19.5 Å². The Kier molecular flexibility index (Phi) is 5.58. The predicted molar refractivity (Wildman–Crippen MR) is 85.0 cm³/mol. The summed E-state index contributed by atoms with van der Waals surface area (Å²) in [5, 5.41) is 3.76. The molecule has 2 aromatic rings. The first-order valence-corrected chi connectivity index (χ1v) is 6.95. The maximum absolute atomic E-state index is 6.06. The van der Waals surface area contributed by atoms with E-state index >= 15 is 0 Å². The second-order valence-electron chi connectivity index (χ2n) is 4.28. The van der Waals surface area contributed by atoms with Crippen LogP contribution in [0.2, 0.25) is 5.02 Å². The average Bonchev–Trinajstić information content (AvgIpc) is 2.53. The quantitative estimate of drug-likeness (QED) is 0.789. The number of hydrogen-bond acceptors (Lipinski definition) is 4. The molecule has 0 fully saturated rings. The standard InChI is InChI=1S/C16H18ClNO3/c1-19-15-11-14(16(20-2)10-13(15)17)18-8-9-21-12-6-4-3-5-7-12/h3-7,10-11,18H,8-9H2,1-2H3. The van der Waals surface area contributed by atoms with Gasteiger partial charge in [-0.2, -0.15) is 0 Å². The molecule has 0 bridgehead atoms. The van der Waals surface area contributed by atoms with E-state index in [0.29, 0.717) is 29.7 Å². The van der Waals surface area contributed by atoms with Crippen molar-refractivity contribution in [3.8, 4) is 17.2 Å². The van der Waals surface area contributed by atoms with Crippen molar-refractivity contribution in [2.24, 2.45) is 0 Å². The van der Waals surface area contributed by atoms with Crippen LogP contribution in [0.3, 0.4) is 0 Å². The molecule has 0 saturated carbocycles. The zero-order valence-corrected chi connectivity index (χ0v) is 12.8. The number of hydrogen-bond donors (Lipinski definition) is 1. The maximum Gasteiger partial charge on any atom is 0.143 e. The van der Waals surface area contributed by atoms with Crippen LogP contribution >= 0.6 is 11.6 Å². The number of methoxy groups -OCH3 is 2. The fourth-order valence-electron chi connectivity index (χ4n) is 1.87. The zero-order valence-electron chi connectivity index (χ0n) is 12.1. The Bertz CT molecular complexity index is 575. The lowest BCUT2D eigenvalue weighted by Crippen LogP contribution is -2.12. The molecule has 5 heteroatoms. The second-order valence-corrected chi connectivity index (χ2v) is 4.68. The molecule has 4 nitrogen and oxygen atoms in total. The molecule has 0 heterocycles. The normalized spacial score (nSPS) is 10.0. The van der Waals surface area contributed by atoms with Gasteiger partial charge in [-0.1, -0.05) is 29.8 Å². The van der Waals surface area contributed by atoms with Crippen LogP contribution in [0.5, 0.6) is 17.2 Å². The third kappa shape index (κ3) is 4.20. The molecule has 0 saturated heterocycles. The molecule has 0 atom stereocenters. The summed E-state index contributed by atoms with van der Waals surface area (Å²) < 4.78 is 16.1. The van der Waals surface area contributed by atoms with Gasteiger partial charge in [0, 0.05) is 18.7 Å². The first-order valence-electron chi connectivity index (χ1n) is 6.58. The first kappa shape index (κ1) is 15.3. The molecule has 0 radical (unpaired) electrons. The van der Waals surface area contributed by atoms with E-state index in [0.717, 1.165) is 11.4 Å². The molecule has 0 aliphatic carbocycles. The highest BCUT2D eigenvalue weighted by molar-refractivity contribution is 6.32. The molecule has 0 amide bonds. The minimum atomic E-state index is 0.514. The highest BCUT2D eigenvalue weighted by Crippen LogP contribution is 2.35. The highest BCUT2D eigenvalue weighted by atomic mass is 35.5. The van der Waals surface area contributed by atoms with Crippen LogP contribution in [-0.4, -0.2) is 27.4 Å². The van der Waals surface area contributed by atoms with Gasteiger partial charge in [-0.3, -0.25) is 0 Å². The van der Waals surface area contributed by atoms with E-state index in [1.165, 1.54) is 0 Å². The first-order chi connectivity index (χ1) is 10.2. The van der Waals surface area contributed by atoms with E-state index in [1.54, 1.807) is 20.3 Å². The molecule has 112 valence electrons. The molecule has 21 heavy (non-hydrogen) atoms. The Hall–Kier alpha value is -2.07. The van der Waals surface area contributed by atoms with Crippen LogP contribution in [0.25, 0.3) is 0 Å². The van der Waals surface area contributed by atoms with Gasteiger partial charge in [-0.05, 0) is 12.1 Å². The third-order valence-electron chi connectivity index (χ3n) is 2.90. The van der Waals surface area contributed by atoms with Crippen molar-refractivity contribution in [1.82, 2.24) is 0 Å². The minimum Gasteiger partial charge on any atom is -0.495 e. The summed E-state index contributed by atoms with van der Waals surface area (Å²) >= 11 is 6.06. The minimum absolute atomic E-state index is 0.514. The summed E-state index contributed by atoms with van der Waals surface area (Å²) in [4.78, 5) is 0. The SMILES string of the molecule is COc1cc(NCCOc2ccccc2)c(OC)cc1Cl. The molecule has 2 rings (SSSR count). The second kappa shape index (κ2) is 7.64. The van der Waals surface area contributed by atoms with Crippen LogP contribution in [0.1, 0.15) is 0 Å². The van der Waals surface area contributed by atoms with Gasteiger partial charge in [0.05, 0.1) is 24.9 Å². The van der Waals surface area contributed by atoms with Crippen molar-refractivity contribution in [3.05, 3.63) is 47.5 Å². The van der Waals surface area contributed by atoms with Gasteiger partial charge < -0.3 is 19.5 Å². The Morgan fingerprint density at radius 1 is 1.00 bits per heavy atom. The number of nitrogens with one attached hydrogen (secondary N) is 1. The summed E-state index contributed by atoms with van der Waals surface area (Å²) in [5.74, 6) is 2.12. The summed E-state index contributed by atoms with van der Waals surface area (Å²) in [5.41, 5.74) is 0.815. The van der Waals surface area contributed by atoms with E-state index in [1.807, 2.05) is 36.4 Å². The van der Waals surface area contributed by atoms with Crippen molar-refractivity contribution >= 4 is 17.3 Å². The van der Waals surface area contributed by atoms with Crippen molar-refractivity contribution < 1.29 is 14.2 Å². The number of para-hydroxylation sites is 1. The van der Waals surface area contributed by atoms with Crippen LogP contribution in [0.4, 0.5) is 5.69 Å². The van der Waals surface area contributed by atoms with E-state index in [-0.39, 0.29) is 0 Å². The summed E-state index contributed by atoms with van der Waals surface area (Å²) in [6.45, 7) is 1.17.